The van der Waals surface area contributed by atoms with Crippen molar-refractivity contribution >= 4 is 27.5 Å². The number of rotatable bonds is 4. The van der Waals surface area contributed by atoms with Gasteiger partial charge in [-0.2, -0.15) is 0 Å². The Balaban J connectivity index is 1.75. The number of thiazole rings is 1. The summed E-state index contributed by atoms with van der Waals surface area (Å²) in [6, 6.07) is 12.1. The number of pyridine rings is 1. The van der Waals surface area contributed by atoms with Gasteiger partial charge in [-0.1, -0.05) is 12.1 Å². The van der Waals surface area contributed by atoms with E-state index in [1.807, 2.05) is 30.3 Å². The van der Waals surface area contributed by atoms with Crippen LogP contribution in [-0.2, 0) is 4.79 Å². The minimum Gasteiger partial charge on any atom is -0.481 e. The van der Waals surface area contributed by atoms with Gasteiger partial charge in [-0.3, -0.25) is 14.7 Å². The van der Waals surface area contributed by atoms with Gasteiger partial charge in [0, 0.05) is 18.9 Å². The molecule has 1 aromatic carbocycles. The number of nitrogens with zero attached hydrogens (tertiary/aromatic N) is 3. The Labute approximate surface area is 150 Å². The van der Waals surface area contributed by atoms with Gasteiger partial charge < -0.3 is 5.11 Å². The molecule has 1 aliphatic heterocycles. The molecule has 1 saturated heterocycles. The highest BCUT2D eigenvalue weighted by molar-refractivity contribution is 7.18. The first kappa shape index (κ1) is 16.2. The van der Waals surface area contributed by atoms with Gasteiger partial charge in [0.1, 0.15) is 5.01 Å². The van der Waals surface area contributed by atoms with E-state index in [9.17, 15) is 9.90 Å². The van der Waals surface area contributed by atoms with E-state index in [0.29, 0.717) is 6.54 Å². The van der Waals surface area contributed by atoms with Gasteiger partial charge in [0.2, 0.25) is 0 Å². The summed E-state index contributed by atoms with van der Waals surface area (Å²) in [6.45, 7) is 1.44. The number of carbonyl (C=O) groups is 1. The number of likely N-dealkylation sites (tertiary alicyclic amines) is 1. The Hall–Kier alpha value is -2.31. The third-order valence-corrected chi connectivity index (χ3v) is 5.82. The van der Waals surface area contributed by atoms with Crippen molar-refractivity contribution in [3.05, 3.63) is 59.4 Å². The van der Waals surface area contributed by atoms with Gasteiger partial charge in [0.15, 0.2) is 0 Å². The molecule has 1 N–H and O–H groups in total. The number of piperidine rings is 1. The van der Waals surface area contributed by atoms with E-state index in [-0.39, 0.29) is 12.0 Å². The summed E-state index contributed by atoms with van der Waals surface area (Å²) in [6.07, 6.45) is 5.21. The number of hydrogen-bond acceptors (Lipinski definition) is 5. The fourth-order valence-corrected chi connectivity index (χ4v) is 4.64. The molecular formula is C19H19N3O2S. The van der Waals surface area contributed by atoms with Gasteiger partial charge in [-0.25, -0.2) is 4.98 Å². The third-order valence-electron chi connectivity index (χ3n) is 4.73. The van der Waals surface area contributed by atoms with E-state index in [1.165, 1.54) is 0 Å². The van der Waals surface area contributed by atoms with Crippen molar-refractivity contribution in [2.75, 3.05) is 13.1 Å². The molecule has 0 spiro atoms. The summed E-state index contributed by atoms with van der Waals surface area (Å²) in [5.74, 6) is -1.02. The molecule has 4 rings (SSSR count). The maximum absolute atomic E-state index is 11.5. The Morgan fingerprint density at radius 2 is 2.04 bits per heavy atom. The zero-order valence-electron chi connectivity index (χ0n) is 13.7. The standard InChI is InChI=1S/C19H19N3O2S/c23-19(24)14-4-3-11-22(12-14)17(13-7-9-20-10-8-13)18-21-15-5-1-2-6-16(15)25-18/h1-2,5-10,14,17H,3-4,11-12H2,(H,23,24). The van der Waals surface area contributed by atoms with Crippen LogP contribution in [0.5, 0.6) is 0 Å². The van der Waals surface area contributed by atoms with Gasteiger partial charge in [-0.05, 0) is 49.2 Å². The molecule has 1 fully saturated rings. The normalized spacial score (nSPS) is 19.8. The topological polar surface area (TPSA) is 66.3 Å². The number of carboxylic acids is 1. The molecule has 0 amide bonds. The quantitative estimate of drug-likeness (QED) is 0.777. The number of hydrogen-bond donors (Lipinski definition) is 1. The molecule has 5 nitrogen and oxygen atoms in total. The predicted molar refractivity (Wildman–Crippen MR) is 97.6 cm³/mol. The average molecular weight is 353 g/mol. The summed E-state index contributed by atoms with van der Waals surface area (Å²) in [7, 11) is 0. The number of aromatic nitrogens is 2. The molecular weight excluding hydrogens is 334 g/mol. The van der Waals surface area contributed by atoms with Gasteiger partial charge >= 0.3 is 5.97 Å². The lowest BCUT2D eigenvalue weighted by Crippen LogP contribution is -2.41. The van der Waals surface area contributed by atoms with Crippen molar-refractivity contribution in [3.63, 3.8) is 0 Å². The van der Waals surface area contributed by atoms with Crippen LogP contribution in [-0.4, -0.2) is 39.0 Å². The van der Waals surface area contributed by atoms with E-state index in [4.69, 9.17) is 4.98 Å². The van der Waals surface area contributed by atoms with Crippen LogP contribution in [0.1, 0.15) is 29.5 Å². The van der Waals surface area contributed by atoms with E-state index in [0.717, 1.165) is 40.2 Å². The van der Waals surface area contributed by atoms with Crippen molar-refractivity contribution in [1.29, 1.82) is 0 Å². The summed E-state index contributed by atoms with van der Waals surface area (Å²) in [4.78, 5) is 22.7. The molecule has 6 heteroatoms. The van der Waals surface area contributed by atoms with Crippen LogP contribution in [0.2, 0.25) is 0 Å². The van der Waals surface area contributed by atoms with Gasteiger partial charge in [0.05, 0.1) is 22.2 Å². The lowest BCUT2D eigenvalue weighted by molar-refractivity contribution is -0.143. The highest BCUT2D eigenvalue weighted by Crippen LogP contribution is 2.36. The Bertz CT molecular complexity index is 848. The van der Waals surface area contributed by atoms with E-state index in [1.54, 1.807) is 23.7 Å². The van der Waals surface area contributed by atoms with Crippen molar-refractivity contribution < 1.29 is 9.90 Å². The van der Waals surface area contributed by atoms with E-state index < -0.39 is 5.97 Å². The molecule has 2 aromatic heterocycles. The van der Waals surface area contributed by atoms with Crippen LogP contribution in [0, 0.1) is 5.92 Å². The first-order valence-corrected chi connectivity index (χ1v) is 9.26. The van der Waals surface area contributed by atoms with Crippen molar-refractivity contribution in [3.8, 4) is 0 Å². The second kappa shape index (κ2) is 6.90. The summed E-state index contributed by atoms with van der Waals surface area (Å²) in [5, 5.41) is 10.5. The maximum Gasteiger partial charge on any atom is 0.307 e. The molecule has 3 aromatic rings. The zero-order valence-corrected chi connectivity index (χ0v) is 14.5. The van der Waals surface area contributed by atoms with E-state index >= 15 is 0 Å². The van der Waals surface area contributed by atoms with Gasteiger partial charge in [-0.15, -0.1) is 11.3 Å². The van der Waals surface area contributed by atoms with Crippen LogP contribution >= 0.6 is 11.3 Å². The van der Waals surface area contributed by atoms with Crippen LogP contribution in [0.3, 0.4) is 0 Å². The second-order valence-corrected chi connectivity index (χ2v) is 7.44. The predicted octanol–water partition coefficient (Wildman–Crippen LogP) is 3.58. The van der Waals surface area contributed by atoms with Gasteiger partial charge in [0.25, 0.3) is 0 Å². The largest absolute Gasteiger partial charge is 0.481 e. The molecule has 0 aliphatic carbocycles. The monoisotopic (exact) mass is 353 g/mol. The average Bonchev–Trinajstić information content (AvgIpc) is 3.06. The minimum atomic E-state index is -0.706. The molecule has 3 heterocycles. The molecule has 0 bridgehead atoms. The minimum absolute atomic E-state index is 0.0254. The smallest absolute Gasteiger partial charge is 0.307 e. The Morgan fingerprint density at radius 1 is 1.24 bits per heavy atom. The second-order valence-electron chi connectivity index (χ2n) is 6.38. The van der Waals surface area contributed by atoms with E-state index in [2.05, 4.69) is 16.0 Å². The molecule has 1 aliphatic rings. The van der Waals surface area contributed by atoms with Crippen molar-refractivity contribution in [2.45, 2.75) is 18.9 Å². The summed E-state index contributed by atoms with van der Waals surface area (Å²) < 4.78 is 1.16. The highest BCUT2D eigenvalue weighted by Gasteiger charge is 2.32. The SMILES string of the molecule is O=C(O)C1CCCN(C(c2ccncc2)c2nc3ccccc3s2)C1. The summed E-state index contributed by atoms with van der Waals surface area (Å²) in [5.41, 5.74) is 2.11. The molecule has 128 valence electrons. The number of aliphatic carboxylic acids is 1. The van der Waals surface area contributed by atoms with Crippen LogP contribution < -0.4 is 0 Å². The highest BCUT2D eigenvalue weighted by atomic mass is 32.1. The summed E-state index contributed by atoms with van der Waals surface area (Å²) >= 11 is 1.68. The van der Waals surface area contributed by atoms with Crippen LogP contribution in [0.15, 0.2) is 48.8 Å². The van der Waals surface area contributed by atoms with Crippen LogP contribution in [0.25, 0.3) is 10.2 Å². The number of carboxylic acid groups (broad SMARTS) is 1. The first-order valence-electron chi connectivity index (χ1n) is 8.44. The maximum atomic E-state index is 11.5. The van der Waals surface area contributed by atoms with Crippen molar-refractivity contribution in [1.82, 2.24) is 14.9 Å². The lowest BCUT2D eigenvalue weighted by Gasteiger charge is -2.36. The zero-order chi connectivity index (χ0) is 17.2. The Kier molecular flexibility index (Phi) is 4.46. The molecule has 0 saturated carbocycles. The first-order chi connectivity index (χ1) is 12.2. The molecule has 2 unspecified atom stereocenters. The number of para-hydroxylation sites is 1. The fraction of sp³-hybridized carbons (Fsp3) is 0.316. The Morgan fingerprint density at radius 3 is 2.80 bits per heavy atom. The fourth-order valence-electron chi connectivity index (χ4n) is 3.50. The molecule has 25 heavy (non-hydrogen) atoms. The number of benzene rings is 1. The lowest BCUT2D eigenvalue weighted by atomic mass is 9.95. The molecule has 0 radical (unpaired) electrons. The van der Waals surface area contributed by atoms with Crippen molar-refractivity contribution in [2.24, 2.45) is 5.92 Å². The third kappa shape index (κ3) is 3.27. The van der Waals surface area contributed by atoms with Crippen LogP contribution in [0.4, 0.5) is 0 Å². The molecule has 2 atom stereocenters. The number of fused-ring (bicyclic) bond motifs is 1.